The van der Waals surface area contributed by atoms with Crippen LogP contribution in [0.5, 0.6) is 0 Å². The summed E-state index contributed by atoms with van der Waals surface area (Å²) in [6, 6.07) is 4.47. The van der Waals surface area contributed by atoms with E-state index < -0.39 is 17.7 Å². The molecule has 0 radical (unpaired) electrons. The molecule has 1 heterocycles. The second-order valence-electron chi connectivity index (χ2n) is 4.74. The number of carbonyl (C=O) groups excluding carboxylic acids is 1. The standard InChI is InChI=1S/C15H16F2N2O2/c1-2-3-14(12-5-4-10(16)8-13(12)17)18-15(20)9-11-6-7-21-19-11/h4-8,14H,2-3,9H2,1H3,(H,18,20)/t14-/m1/s1. The molecule has 4 nitrogen and oxygen atoms in total. The van der Waals surface area contributed by atoms with Gasteiger partial charge in [0.25, 0.3) is 0 Å². The number of aromatic nitrogens is 1. The zero-order valence-corrected chi connectivity index (χ0v) is 11.6. The predicted molar refractivity (Wildman–Crippen MR) is 72.4 cm³/mol. The van der Waals surface area contributed by atoms with Crippen LogP contribution in [0.25, 0.3) is 0 Å². The highest BCUT2D eigenvalue weighted by Crippen LogP contribution is 2.22. The molecule has 2 aromatic rings. The van der Waals surface area contributed by atoms with Gasteiger partial charge < -0.3 is 9.84 Å². The first-order valence-electron chi connectivity index (χ1n) is 6.73. The van der Waals surface area contributed by atoms with Gasteiger partial charge in [-0.2, -0.15) is 0 Å². The lowest BCUT2D eigenvalue weighted by molar-refractivity contribution is -0.121. The van der Waals surface area contributed by atoms with Crippen molar-refractivity contribution in [2.75, 3.05) is 0 Å². The summed E-state index contributed by atoms with van der Waals surface area (Å²) >= 11 is 0. The minimum Gasteiger partial charge on any atom is -0.364 e. The zero-order valence-electron chi connectivity index (χ0n) is 11.6. The summed E-state index contributed by atoms with van der Waals surface area (Å²) in [5.41, 5.74) is 0.786. The van der Waals surface area contributed by atoms with Crippen molar-refractivity contribution in [2.24, 2.45) is 0 Å². The molecule has 1 amide bonds. The molecule has 6 heteroatoms. The van der Waals surface area contributed by atoms with Crippen molar-refractivity contribution in [1.82, 2.24) is 10.5 Å². The van der Waals surface area contributed by atoms with Gasteiger partial charge in [-0.3, -0.25) is 4.79 Å². The van der Waals surface area contributed by atoms with Crippen molar-refractivity contribution >= 4 is 5.91 Å². The molecule has 0 aliphatic rings. The summed E-state index contributed by atoms with van der Waals surface area (Å²) in [6.45, 7) is 1.93. The first kappa shape index (κ1) is 15.2. The van der Waals surface area contributed by atoms with E-state index in [2.05, 4.69) is 15.0 Å². The highest BCUT2D eigenvalue weighted by atomic mass is 19.1. The molecule has 0 saturated carbocycles. The van der Waals surface area contributed by atoms with E-state index in [0.717, 1.165) is 12.5 Å². The maximum absolute atomic E-state index is 13.8. The fourth-order valence-corrected chi connectivity index (χ4v) is 2.12. The van der Waals surface area contributed by atoms with Crippen LogP contribution in [0.15, 0.2) is 35.1 Å². The van der Waals surface area contributed by atoms with Gasteiger partial charge in [0.2, 0.25) is 5.91 Å². The lowest BCUT2D eigenvalue weighted by Gasteiger charge is -2.19. The Kier molecular flexibility index (Phi) is 5.03. The van der Waals surface area contributed by atoms with E-state index in [4.69, 9.17) is 0 Å². The van der Waals surface area contributed by atoms with Crippen molar-refractivity contribution in [2.45, 2.75) is 32.2 Å². The van der Waals surface area contributed by atoms with Gasteiger partial charge in [0, 0.05) is 17.7 Å². The third kappa shape index (κ3) is 4.11. The predicted octanol–water partition coefficient (Wildman–Crippen LogP) is 3.15. The van der Waals surface area contributed by atoms with Gasteiger partial charge in [-0.25, -0.2) is 8.78 Å². The van der Waals surface area contributed by atoms with Gasteiger partial charge in [-0.1, -0.05) is 24.6 Å². The topological polar surface area (TPSA) is 55.1 Å². The number of nitrogens with zero attached hydrogens (tertiary/aromatic N) is 1. The lowest BCUT2D eigenvalue weighted by atomic mass is 10.0. The molecule has 0 bridgehead atoms. The Morgan fingerprint density at radius 2 is 2.19 bits per heavy atom. The van der Waals surface area contributed by atoms with Crippen molar-refractivity contribution in [1.29, 1.82) is 0 Å². The average Bonchev–Trinajstić information content (AvgIpc) is 2.91. The molecule has 0 aliphatic carbocycles. The summed E-state index contributed by atoms with van der Waals surface area (Å²) in [5.74, 6) is -1.58. The van der Waals surface area contributed by atoms with Crippen LogP contribution in [0, 0.1) is 11.6 Å². The SMILES string of the molecule is CCC[C@@H](NC(=O)Cc1ccon1)c1ccc(F)cc1F. The number of rotatable bonds is 6. The molecule has 0 aliphatic heterocycles. The Hall–Kier alpha value is -2.24. The van der Waals surface area contributed by atoms with Crippen LogP contribution in [0.2, 0.25) is 0 Å². The lowest BCUT2D eigenvalue weighted by Crippen LogP contribution is -2.30. The third-order valence-electron chi connectivity index (χ3n) is 3.08. The van der Waals surface area contributed by atoms with Gasteiger partial charge in [-0.15, -0.1) is 0 Å². The highest BCUT2D eigenvalue weighted by molar-refractivity contribution is 5.78. The quantitative estimate of drug-likeness (QED) is 0.890. The van der Waals surface area contributed by atoms with Crippen LogP contribution in [0.4, 0.5) is 8.78 Å². The number of halogens is 2. The molecule has 1 aromatic carbocycles. The Morgan fingerprint density at radius 1 is 1.38 bits per heavy atom. The Balaban J connectivity index is 2.09. The maximum atomic E-state index is 13.8. The summed E-state index contributed by atoms with van der Waals surface area (Å²) < 4.78 is 31.5. The fourth-order valence-electron chi connectivity index (χ4n) is 2.12. The first-order chi connectivity index (χ1) is 10.1. The van der Waals surface area contributed by atoms with E-state index in [1.165, 1.54) is 18.4 Å². The number of hydrogen-bond donors (Lipinski definition) is 1. The molecule has 1 atom stereocenters. The van der Waals surface area contributed by atoms with Gasteiger partial charge in [0.05, 0.1) is 18.2 Å². The second kappa shape index (κ2) is 6.97. The van der Waals surface area contributed by atoms with E-state index in [-0.39, 0.29) is 17.9 Å². The maximum Gasteiger partial charge on any atom is 0.226 e. The zero-order chi connectivity index (χ0) is 15.2. The number of benzene rings is 1. The molecule has 21 heavy (non-hydrogen) atoms. The average molecular weight is 294 g/mol. The van der Waals surface area contributed by atoms with Crippen molar-refractivity contribution in [3.05, 3.63) is 53.4 Å². The Bertz CT molecular complexity index is 600. The molecule has 1 N–H and O–H groups in total. The van der Waals surface area contributed by atoms with E-state index >= 15 is 0 Å². The third-order valence-corrected chi connectivity index (χ3v) is 3.08. The van der Waals surface area contributed by atoms with Crippen LogP contribution in [-0.2, 0) is 11.2 Å². The van der Waals surface area contributed by atoms with Gasteiger partial charge in [0.1, 0.15) is 17.9 Å². The Labute approximate surface area is 121 Å². The molecule has 112 valence electrons. The minimum absolute atomic E-state index is 0.0551. The molecule has 2 rings (SSSR count). The summed E-state index contributed by atoms with van der Waals surface area (Å²) in [7, 11) is 0. The highest BCUT2D eigenvalue weighted by Gasteiger charge is 2.18. The molecular formula is C15H16F2N2O2. The summed E-state index contributed by atoms with van der Waals surface area (Å²) in [6.07, 6.45) is 2.75. The first-order valence-corrected chi connectivity index (χ1v) is 6.73. The molecular weight excluding hydrogens is 278 g/mol. The van der Waals surface area contributed by atoms with Crippen LogP contribution < -0.4 is 5.32 Å². The van der Waals surface area contributed by atoms with E-state index in [0.29, 0.717) is 12.1 Å². The summed E-state index contributed by atoms with van der Waals surface area (Å²) in [5, 5.41) is 6.40. The number of hydrogen-bond acceptors (Lipinski definition) is 3. The van der Waals surface area contributed by atoms with Crippen LogP contribution >= 0.6 is 0 Å². The number of amides is 1. The molecule has 0 fully saturated rings. The van der Waals surface area contributed by atoms with Crippen molar-refractivity contribution in [3.63, 3.8) is 0 Å². The van der Waals surface area contributed by atoms with Gasteiger partial charge >= 0.3 is 0 Å². The van der Waals surface area contributed by atoms with Crippen LogP contribution in [0.1, 0.15) is 37.1 Å². The van der Waals surface area contributed by atoms with Gasteiger partial charge in [-0.05, 0) is 12.5 Å². The normalized spacial score (nSPS) is 12.1. The van der Waals surface area contributed by atoms with Crippen LogP contribution in [0.3, 0.4) is 0 Å². The largest absolute Gasteiger partial charge is 0.364 e. The molecule has 0 unspecified atom stereocenters. The number of carbonyl (C=O) groups is 1. The van der Waals surface area contributed by atoms with Crippen molar-refractivity contribution in [3.8, 4) is 0 Å². The fraction of sp³-hybridized carbons (Fsp3) is 0.333. The number of nitrogens with one attached hydrogen (secondary N) is 1. The second-order valence-corrected chi connectivity index (χ2v) is 4.74. The minimum atomic E-state index is -0.657. The van der Waals surface area contributed by atoms with Crippen LogP contribution in [-0.4, -0.2) is 11.1 Å². The molecule has 0 spiro atoms. The van der Waals surface area contributed by atoms with Gasteiger partial charge in [0.15, 0.2) is 0 Å². The monoisotopic (exact) mass is 294 g/mol. The van der Waals surface area contributed by atoms with E-state index in [1.54, 1.807) is 6.07 Å². The molecule has 0 saturated heterocycles. The smallest absolute Gasteiger partial charge is 0.226 e. The Morgan fingerprint density at radius 3 is 2.81 bits per heavy atom. The summed E-state index contributed by atoms with van der Waals surface area (Å²) in [4.78, 5) is 12.0. The van der Waals surface area contributed by atoms with E-state index in [1.807, 2.05) is 6.92 Å². The van der Waals surface area contributed by atoms with E-state index in [9.17, 15) is 13.6 Å². The molecule has 1 aromatic heterocycles. The van der Waals surface area contributed by atoms with Crippen molar-refractivity contribution < 1.29 is 18.1 Å².